The van der Waals surface area contributed by atoms with Crippen LogP contribution < -0.4 is 0 Å². The molecule has 0 saturated heterocycles. The van der Waals surface area contributed by atoms with E-state index in [1.165, 1.54) is 0 Å². The molecule has 47 valence electrons. The first-order chi connectivity index (χ1) is 2.56. The summed E-state index contributed by atoms with van der Waals surface area (Å²) in [7, 11) is 0. The van der Waals surface area contributed by atoms with Crippen LogP contribution in [0.1, 0.15) is 0 Å². The summed E-state index contributed by atoms with van der Waals surface area (Å²) in [6, 6.07) is 0. The van der Waals surface area contributed by atoms with Crippen molar-refractivity contribution in [1.29, 1.82) is 0 Å². The van der Waals surface area contributed by atoms with Gasteiger partial charge in [0.1, 0.15) is 6.61 Å². The Balaban J connectivity index is 0. The summed E-state index contributed by atoms with van der Waals surface area (Å²) < 4.78 is 31.6. The van der Waals surface area contributed by atoms with E-state index in [9.17, 15) is 13.2 Å². The average Bonchev–Trinajstić information content (AvgIpc) is 1.35. The van der Waals surface area contributed by atoms with Crippen LogP contribution in [0.15, 0.2) is 0 Å². The van der Waals surface area contributed by atoms with Crippen molar-refractivity contribution >= 4 is 0 Å². The zero-order valence-corrected chi connectivity index (χ0v) is 4.16. The van der Waals surface area contributed by atoms with E-state index in [0.717, 1.165) is 0 Å². The molecule has 0 unspecified atom stereocenters. The van der Waals surface area contributed by atoms with Crippen molar-refractivity contribution in [2.24, 2.45) is 0 Å². The molecule has 0 fully saturated rings. The first-order valence-corrected chi connectivity index (χ1v) is 1.24. The van der Waals surface area contributed by atoms with Crippen LogP contribution in [0.5, 0.6) is 0 Å². The molecule has 0 aromatic rings. The standard InChI is InChI=1S/C2H3F3O.Co/c3-2(4,5)1-6;/h6H,1H2;. The van der Waals surface area contributed by atoms with Crippen LogP contribution in [0.2, 0.25) is 0 Å². The van der Waals surface area contributed by atoms with Gasteiger partial charge in [-0.3, -0.25) is 0 Å². The van der Waals surface area contributed by atoms with E-state index in [0.29, 0.717) is 0 Å². The second-order valence-electron chi connectivity index (χ2n) is 0.773. The van der Waals surface area contributed by atoms with Crippen molar-refractivity contribution in [1.82, 2.24) is 0 Å². The van der Waals surface area contributed by atoms with Crippen LogP contribution in [-0.2, 0) is 16.8 Å². The van der Waals surface area contributed by atoms with Gasteiger partial charge in [-0.2, -0.15) is 13.2 Å². The van der Waals surface area contributed by atoms with Crippen molar-refractivity contribution in [3.05, 3.63) is 0 Å². The summed E-state index contributed by atoms with van der Waals surface area (Å²) in [5.41, 5.74) is 0. The molecule has 0 aliphatic heterocycles. The summed E-state index contributed by atoms with van der Waals surface area (Å²) in [6.45, 7) is -1.73. The summed E-state index contributed by atoms with van der Waals surface area (Å²) in [4.78, 5) is 0. The van der Waals surface area contributed by atoms with Gasteiger partial charge in [0.25, 0.3) is 0 Å². The monoisotopic (exact) mass is 159 g/mol. The van der Waals surface area contributed by atoms with Gasteiger partial charge in [0, 0.05) is 16.8 Å². The zero-order valence-electron chi connectivity index (χ0n) is 3.12. The molecule has 0 aromatic carbocycles. The smallest absolute Gasteiger partial charge is 0.387 e. The van der Waals surface area contributed by atoms with Crippen LogP contribution >= 0.6 is 0 Å². The molecule has 0 atom stereocenters. The van der Waals surface area contributed by atoms with Gasteiger partial charge in [-0.1, -0.05) is 0 Å². The van der Waals surface area contributed by atoms with Crippen molar-refractivity contribution < 1.29 is 35.1 Å². The van der Waals surface area contributed by atoms with Gasteiger partial charge >= 0.3 is 6.18 Å². The molecule has 5 heteroatoms. The van der Waals surface area contributed by atoms with E-state index >= 15 is 0 Å². The van der Waals surface area contributed by atoms with Gasteiger partial charge in [0.15, 0.2) is 0 Å². The van der Waals surface area contributed by atoms with Crippen molar-refractivity contribution in [2.75, 3.05) is 6.61 Å². The maximum absolute atomic E-state index is 10.5. The molecule has 0 bridgehead atoms. The van der Waals surface area contributed by atoms with Gasteiger partial charge in [0.05, 0.1) is 0 Å². The van der Waals surface area contributed by atoms with Gasteiger partial charge in [-0.25, -0.2) is 0 Å². The number of halogens is 3. The topological polar surface area (TPSA) is 20.2 Å². The predicted molar refractivity (Wildman–Crippen MR) is 13.1 cm³/mol. The van der Waals surface area contributed by atoms with E-state index in [1.54, 1.807) is 0 Å². The Kier molecular flexibility index (Phi) is 4.82. The first kappa shape index (κ1) is 10.3. The third kappa shape index (κ3) is 10.7. The van der Waals surface area contributed by atoms with Crippen LogP contribution in [0.25, 0.3) is 0 Å². The normalized spacial score (nSPS) is 10.3. The van der Waals surface area contributed by atoms with Crippen LogP contribution in [0.3, 0.4) is 0 Å². The van der Waals surface area contributed by atoms with Crippen LogP contribution in [0.4, 0.5) is 13.2 Å². The Morgan fingerprint density at radius 2 is 1.43 bits per heavy atom. The fourth-order valence-corrected chi connectivity index (χ4v) is 0. The molecule has 0 amide bonds. The molecule has 0 heterocycles. The molecule has 0 aliphatic carbocycles. The van der Waals surface area contributed by atoms with E-state index < -0.39 is 12.8 Å². The Hall–Kier alpha value is 0.256. The van der Waals surface area contributed by atoms with E-state index in [-0.39, 0.29) is 16.8 Å². The molecule has 0 spiro atoms. The number of alkyl halides is 3. The average molecular weight is 159 g/mol. The second kappa shape index (κ2) is 3.28. The zero-order chi connectivity index (χ0) is 5.21. The minimum absolute atomic E-state index is 0. The summed E-state index contributed by atoms with van der Waals surface area (Å²) >= 11 is 0. The largest absolute Gasteiger partial charge is 0.411 e. The second-order valence-corrected chi connectivity index (χ2v) is 0.773. The number of aliphatic hydroxyl groups excluding tert-OH is 1. The quantitative estimate of drug-likeness (QED) is 0.546. The van der Waals surface area contributed by atoms with E-state index in [4.69, 9.17) is 5.11 Å². The van der Waals surface area contributed by atoms with E-state index in [2.05, 4.69) is 0 Å². The molecule has 1 radical (unpaired) electrons. The van der Waals surface area contributed by atoms with Gasteiger partial charge < -0.3 is 5.11 Å². The molecule has 0 aromatic heterocycles. The number of hydrogen-bond acceptors (Lipinski definition) is 1. The summed E-state index contributed by atoms with van der Waals surface area (Å²) in [6.07, 6.45) is -4.40. The molecule has 1 N–H and O–H groups in total. The van der Waals surface area contributed by atoms with Crippen LogP contribution in [-0.4, -0.2) is 17.9 Å². The minimum Gasteiger partial charge on any atom is -0.387 e. The maximum Gasteiger partial charge on any atom is 0.411 e. The first-order valence-electron chi connectivity index (χ1n) is 1.24. The number of aliphatic hydroxyl groups is 1. The third-order valence-electron chi connectivity index (χ3n) is 0.179. The molecular formula is C2H3CoF3O. The fourth-order valence-electron chi connectivity index (χ4n) is 0. The molecule has 0 rings (SSSR count). The minimum atomic E-state index is -4.40. The Bertz CT molecular complexity index is 42.7. The van der Waals surface area contributed by atoms with Gasteiger partial charge in [-0.05, 0) is 0 Å². The Morgan fingerprint density at radius 1 is 1.29 bits per heavy atom. The molecular weight excluding hydrogens is 156 g/mol. The molecule has 7 heavy (non-hydrogen) atoms. The predicted octanol–water partition coefficient (Wildman–Crippen LogP) is 0.539. The molecule has 1 nitrogen and oxygen atoms in total. The maximum atomic E-state index is 10.5. The fraction of sp³-hybridized carbons (Fsp3) is 1.00. The molecule has 0 saturated carbocycles. The Morgan fingerprint density at radius 3 is 1.43 bits per heavy atom. The third-order valence-corrected chi connectivity index (χ3v) is 0.179. The van der Waals surface area contributed by atoms with E-state index in [1.807, 2.05) is 0 Å². The van der Waals surface area contributed by atoms with Crippen molar-refractivity contribution in [3.8, 4) is 0 Å². The molecule has 0 aliphatic rings. The van der Waals surface area contributed by atoms with Crippen LogP contribution in [0, 0.1) is 0 Å². The van der Waals surface area contributed by atoms with Gasteiger partial charge in [-0.15, -0.1) is 0 Å². The number of hydrogen-bond donors (Lipinski definition) is 1. The van der Waals surface area contributed by atoms with Crippen molar-refractivity contribution in [2.45, 2.75) is 6.18 Å². The van der Waals surface area contributed by atoms with Gasteiger partial charge in [0.2, 0.25) is 0 Å². The summed E-state index contributed by atoms with van der Waals surface area (Å²) in [5.74, 6) is 0. The SMILES string of the molecule is OCC(F)(F)F.[Co]. The number of rotatable bonds is 0. The van der Waals surface area contributed by atoms with Crippen molar-refractivity contribution in [3.63, 3.8) is 0 Å². The summed E-state index contributed by atoms with van der Waals surface area (Å²) in [5, 5.41) is 7.28. The Labute approximate surface area is 48.7 Å².